The molecule has 3 heterocycles. The predicted molar refractivity (Wildman–Crippen MR) is 57.3 cm³/mol. The van der Waals surface area contributed by atoms with Crippen LogP contribution in [0, 0.1) is 0 Å². The second-order valence-corrected chi connectivity index (χ2v) is 4.57. The normalized spacial score (nSPS) is 27.4. The van der Waals surface area contributed by atoms with E-state index < -0.39 is 0 Å². The van der Waals surface area contributed by atoms with E-state index in [1.807, 2.05) is 0 Å². The van der Waals surface area contributed by atoms with E-state index >= 15 is 0 Å². The van der Waals surface area contributed by atoms with Crippen molar-refractivity contribution >= 4 is 0 Å². The standard InChI is InChI=1S/C11H17N3O2/c1-4-12-7-9(1)11-13-10(14-16-11)8-2-5-15-6-3-8/h8-9,12H,1-7H2/t9-/m0/s1. The summed E-state index contributed by atoms with van der Waals surface area (Å²) >= 11 is 0. The van der Waals surface area contributed by atoms with E-state index in [0.29, 0.717) is 11.8 Å². The Morgan fingerprint density at radius 2 is 2.00 bits per heavy atom. The third kappa shape index (κ3) is 1.97. The van der Waals surface area contributed by atoms with E-state index in [1.165, 1.54) is 0 Å². The van der Waals surface area contributed by atoms with Gasteiger partial charge in [0.2, 0.25) is 5.89 Å². The minimum absolute atomic E-state index is 0.418. The lowest BCUT2D eigenvalue weighted by Gasteiger charge is -2.18. The zero-order valence-electron chi connectivity index (χ0n) is 9.32. The highest BCUT2D eigenvalue weighted by molar-refractivity contribution is 5.02. The van der Waals surface area contributed by atoms with Crippen molar-refractivity contribution in [3.05, 3.63) is 11.7 Å². The van der Waals surface area contributed by atoms with Crippen molar-refractivity contribution in [1.29, 1.82) is 0 Å². The number of aromatic nitrogens is 2. The van der Waals surface area contributed by atoms with E-state index in [4.69, 9.17) is 9.26 Å². The fraction of sp³-hybridized carbons (Fsp3) is 0.818. The summed E-state index contributed by atoms with van der Waals surface area (Å²) in [5.41, 5.74) is 0. The maximum Gasteiger partial charge on any atom is 0.231 e. The van der Waals surface area contributed by atoms with Crippen LogP contribution in [0.25, 0.3) is 0 Å². The van der Waals surface area contributed by atoms with Crippen LogP contribution in [-0.2, 0) is 4.74 Å². The first-order valence-corrected chi connectivity index (χ1v) is 6.05. The number of nitrogens with zero attached hydrogens (tertiary/aromatic N) is 2. The SMILES string of the molecule is C1C[C@H](c2nc(C3CCOCC3)no2)CN1. The monoisotopic (exact) mass is 223 g/mol. The van der Waals surface area contributed by atoms with E-state index in [9.17, 15) is 0 Å². The van der Waals surface area contributed by atoms with Gasteiger partial charge in [-0.15, -0.1) is 0 Å². The lowest BCUT2D eigenvalue weighted by molar-refractivity contribution is 0.0830. The molecule has 5 nitrogen and oxygen atoms in total. The molecule has 16 heavy (non-hydrogen) atoms. The second-order valence-electron chi connectivity index (χ2n) is 4.57. The molecule has 0 aromatic carbocycles. The molecule has 1 aromatic rings. The zero-order valence-corrected chi connectivity index (χ0v) is 9.32. The zero-order chi connectivity index (χ0) is 10.8. The van der Waals surface area contributed by atoms with Crippen LogP contribution in [0.1, 0.15) is 42.8 Å². The molecule has 1 aromatic heterocycles. The molecule has 3 rings (SSSR count). The van der Waals surface area contributed by atoms with Crippen LogP contribution >= 0.6 is 0 Å². The Bertz CT molecular complexity index is 341. The molecular formula is C11H17N3O2. The van der Waals surface area contributed by atoms with Crippen molar-refractivity contribution < 1.29 is 9.26 Å². The van der Waals surface area contributed by atoms with Gasteiger partial charge in [-0.05, 0) is 25.8 Å². The molecule has 0 amide bonds. The molecule has 2 aliphatic heterocycles. The molecule has 1 atom stereocenters. The summed E-state index contributed by atoms with van der Waals surface area (Å²) in [6.45, 7) is 3.66. The van der Waals surface area contributed by atoms with Crippen molar-refractivity contribution in [2.24, 2.45) is 0 Å². The summed E-state index contributed by atoms with van der Waals surface area (Å²) in [6, 6.07) is 0. The summed E-state index contributed by atoms with van der Waals surface area (Å²) in [5, 5.41) is 7.43. The number of nitrogens with one attached hydrogen (secondary N) is 1. The maximum atomic E-state index is 5.36. The van der Waals surface area contributed by atoms with Crippen LogP contribution < -0.4 is 5.32 Å². The second kappa shape index (κ2) is 4.51. The maximum absolute atomic E-state index is 5.36. The van der Waals surface area contributed by atoms with Crippen molar-refractivity contribution in [3.63, 3.8) is 0 Å². The van der Waals surface area contributed by atoms with Crippen LogP contribution in [0.4, 0.5) is 0 Å². The molecule has 0 bridgehead atoms. The van der Waals surface area contributed by atoms with Gasteiger partial charge in [-0.2, -0.15) is 4.98 Å². The fourth-order valence-electron chi connectivity index (χ4n) is 2.40. The lowest BCUT2D eigenvalue weighted by Crippen LogP contribution is -2.15. The average molecular weight is 223 g/mol. The minimum Gasteiger partial charge on any atom is -0.381 e. The Labute approximate surface area is 94.6 Å². The number of ether oxygens (including phenoxy) is 1. The first-order chi connectivity index (χ1) is 7.93. The summed E-state index contributed by atoms with van der Waals surface area (Å²) in [6.07, 6.45) is 3.14. The molecule has 2 saturated heterocycles. The molecule has 2 aliphatic rings. The molecule has 2 fully saturated rings. The highest BCUT2D eigenvalue weighted by Crippen LogP contribution is 2.27. The van der Waals surface area contributed by atoms with Gasteiger partial charge in [-0.25, -0.2) is 0 Å². The van der Waals surface area contributed by atoms with Crippen LogP contribution in [-0.4, -0.2) is 36.4 Å². The number of hydrogen-bond acceptors (Lipinski definition) is 5. The Hall–Kier alpha value is -0.940. The topological polar surface area (TPSA) is 60.2 Å². The van der Waals surface area contributed by atoms with Crippen LogP contribution in [0.15, 0.2) is 4.52 Å². The summed E-state index contributed by atoms with van der Waals surface area (Å²) in [4.78, 5) is 4.54. The van der Waals surface area contributed by atoms with Gasteiger partial charge >= 0.3 is 0 Å². The van der Waals surface area contributed by atoms with Crippen molar-refractivity contribution in [1.82, 2.24) is 15.5 Å². The lowest BCUT2D eigenvalue weighted by atomic mass is 10.00. The van der Waals surface area contributed by atoms with Crippen molar-refractivity contribution in [2.75, 3.05) is 26.3 Å². The largest absolute Gasteiger partial charge is 0.381 e. The molecule has 0 saturated carbocycles. The van der Waals surface area contributed by atoms with Crippen molar-refractivity contribution in [3.8, 4) is 0 Å². The fourth-order valence-corrected chi connectivity index (χ4v) is 2.40. The molecule has 5 heteroatoms. The van der Waals surface area contributed by atoms with E-state index in [-0.39, 0.29) is 0 Å². The Morgan fingerprint density at radius 1 is 1.12 bits per heavy atom. The molecular weight excluding hydrogens is 206 g/mol. The Balaban J connectivity index is 1.71. The van der Waals surface area contributed by atoms with Crippen LogP contribution in [0.3, 0.4) is 0 Å². The molecule has 88 valence electrons. The van der Waals surface area contributed by atoms with Crippen molar-refractivity contribution in [2.45, 2.75) is 31.1 Å². The molecule has 1 N–H and O–H groups in total. The third-order valence-electron chi connectivity index (χ3n) is 3.45. The summed E-state index contributed by atoms with van der Waals surface area (Å²) in [7, 11) is 0. The van der Waals surface area contributed by atoms with E-state index in [0.717, 1.165) is 57.3 Å². The van der Waals surface area contributed by atoms with E-state index in [2.05, 4.69) is 15.5 Å². The highest BCUT2D eigenvalue weighted by atomic mass is 16.5. The Kier molecular flexibility index (Phi) is 2.88. The van der Waals surface area contributed by atoms with E-state index in [1.54, 1.807) is 0 Å². The summed E-state index contributed by atoms with van der Waals surface area (Å²) in [5.74, 6) is 2.54. The first kappa shape index (κ1) is 10.2. The van der Waals surface area contributed by atoms with Gasteiger partial charge in [0.15, 0.2) is 5.82 Å². The van der Waals surface area contributed by atoms with Crippen LogP contribution in [0.2, 0.25) is 0 Å². The van der Waals surface area contributed by atoms with Gasteiger partial charge in [0.1, 0.15) is 0 Å². The van der Waals surface area contributed by atoms with Crippen LogP contribution in [0.5, 0.6) is 0 Å². The molecule has 0 aliphatic carbocycles. The third-order valence-corrected chi connectivity index (χ3v) is 3.45. The van der Waals surface area contributed by atoms with Gasteiger partial charge in [0, 0.05) is 25.7 Å². The smallest absolute Gasteiger partial charge is 0.231 e. The van der Waals surface area contributed by atoms with Gasteiger partial charge in [-0.1, -0.05) is 5.16 Å². The minimum atomic E-state index is 0.418. The molecule has 0 radical (unpaired) electrons. The molecule has 0 spiro atoms. The van der Waals surface area contributed by atoms with Gasteiger partial charge in [0.25, 0.3) is 0 Å². The summed E-state index contributed by atoms with van der Waals surface area (Å²) < 4.78 is 10.7. The number of rotatable bonds is 2. The van der Waals surface area contributed by atoms with Gasteiger partial charge < -0.3 is 14.6 Å². The van der Waals surface area contributed by atoms with Gasteiger partial charge in [-0.3, -0.25) is 0 Å². The molecule has 0 unspecified atom stereocenters. The quantitative estimate of drug-likeness (QED) is 0.811. The average Bonchev–Trinajstić information content (AvgIpc) is 3.01. The predicted octanol–water partition coefficient (Wildman–Crippen LogP) is 1.04. The first-order valence-electron chi connectivity index (χ1n) is 6.05. The number of hydrogen-bond donors (Lipinski definition) is 1. The highest BCUT2D eigenvalue weighted by Gasteiger charge is 2.26. The van der Waals surface area contributed by atoms with Gasteiger partial charge in [0.05, 0.1) is 5.92 Å². The Morgan fingerprint density at radius 3 is 2.75 bits per heavy atom.